The highest BCUT2D eigenvalue weighted by Crippen LogP contribution is 2.36. The van der Waals surface area contributed by atoms with Crippen LogP contribution in [0.2, 0.25) is 0 Å². The van der Waals surface area contributed by atoms with Crippen molar-refractivity contribution in [3.63, 3.8) is 0 Å². The molecule has 0 aliphatic rings. The second-order valence-corrected chi connectivity index (χ2v) is 5.68. The number of Topliss-reactive ketones (excluding diaryl/α,β-unsaturated/α-hetero) is 1. The second-order valence-electron chi connectivity index (χ2n) is 5.68. The minimum Gasteiger partial charge on any atom is -0.493 e. The fourth-order valence-corrected chi connectivity index (χ4v) is 2.03. The molecule has 0 fully saturated rings. The fourth-order valence-electron chi connectivity index (χ4n) is 2.03. The van der Waals surface area contributed by atoms with Crippen molar-refractivity contribution in [1.82, 2.24) is 0 Å². The Balaban J connectivity index is 3.50. The highest BCUT2D eigenvalue weighted by Gasteiger charge is 2.23. The van der Waals surface area contributed by atoms with Gasteiger partial charge in [-0.15, -0.1) is 0 Å². The van der Waals surface area contributed by atoms with Crippen molar-refractivity contribution in [3.8, 4) is 5.75 Å². The molecule has 106 valence electrons. The smallest absolute Gasteiger partial charge is 0.159 e. The van der Waals surface area contributed by atoms with E-state index in [1.165, 1.54) is 0 Å². The predicted molar refractivity (Wildman–Crippen MR) is 77.0 cm³/mol. The van der Waals surface area contributed by atoms with Gasteiger partial charge < -0.3 is 9.47 Å². The van der Waals surface area contributed by atoms with Gasteiger partial charge in [0.1, 0.15) is 5.75 Å². The number of methoxy groups -OCH3 is 1. The summed E-state index contributed by atoms with van der Waals surface area (Å²) in [6.07, 6.45) is 0. The molecular formula is C16H24O3. The average molecular weight is 264 g/mol. The first-order valence-corrected chi connectivity index (χ1v) is 6.61. The number of hydrogen-bond donors (Lipinski definition) is 0. The van der Waals surface area contributed by atoms with Crippen LogP contribution in [-0.4, -0.2) is 19.5 Å². The minimum absolute atomic E-state index is 0.0610. The van der Waals surface area contributed by atoms with Gasteiger partial charge >= 0.3 is 0 Å². The summed E-state index contributed by atoms with van der Waals surface area (Å²) < 4.78 is 11.0. The second kappa shape index (κ2) is 6.20. The maximum atomic E-state index is 11.7. The van der Waals surface area contributed by atoms with Crippen LogP contribution in [0.25, 0.3) is 0 Å². The summed E-state index contributed by atoms with van der Waals surface area (Å²) in [4.78, 5) is 11.7. The molecule has 0 saturated heterocycles. The van der Waals surface area contributed by atoms with Crippen LogP contribution in [0.15, 0.2) is 12.1 Å². The van der Waals surface area contributed by atoms with E-state index in [1.807, 2.05) is 19.1 Å². The van der Waals surface area contributed by atoms with Crippen molar-refractivity contribution in [2.45, 2.75) is 46.6 Å². The predicted octanol–water partition coefficient (Wildman–Crippen LogP) is 3.73. The molecule has 0 aliphatic carbocycles. The van der Waals surface area contributed by atoms with Gasteiger partial charge in [0, 0.05) is 23.8 Å². The van der Waals surface area contributed by atoms with E-state index >= 15 is 0 Å². The molecular weight excluding hydrogens is 240 g/mol. The first kappa shape index (κ1) is 15.7. The van der Waals surface area contributed by atoms with Crippen LogP contribution in [0, 0.1) is 0 Å². The first-order chi connectivity index (χ1) is 8.81. The van der Waals surface area contributed by atoms with Crippen molar-refractivity contribution < 1.29 is 14.3 Å². The molecule has 1 aromatic carbocycles. The topological polar surface area (TPSA) is 35.5 Å². The number of hydrogen-bond acceptors (Lipinski definition) is 3. The molecule has 3 nitrogen and oxygen atoms in total. The lowest BCUT2D eigenvalue weighted by Gasteiger charge is -2.25. The standard InChI is InChI=1S/C16H24O3/c1-7-19-15-13(10-18-6)8-12(11(2)17)9-14(15)16(3,4)5/h8-9H,7,10H2,1-6H3. The molecule has 0 radical (unpaired) electrons. The molecule has 0 amide bonds. The van der Waals surface area contributed by atoms with Crippen LogP contribution in [0.4, 0.5) is 0 Å². The normalized spacial score (nSPS) is 11.5. The third kappa shape index (κ3) is 3.80. The summed E-state index contributed by atoms with van der Waals surface area (Å²) in [5.74, 6) is 0.910. The Bertz CT molecular complexity index is 456. The Morgan fingerprint density at radius 2 is 1.89 bits per heavy atom. The van der Waals surface area contributed by atoms with Crippen molar-refractivity contribution in [2.75, 3.05) is 13.7 Å². The van der Waals surface area contributed by atoms with E-state index < -0.39 is 0 Å². The molecule has 0 saturated carbocycles. The van der Waals surface area contributed by atoms with Crippen molar-refractivity contribution >= 4 is 5.78 Å². The lowest BCUT2D eigenvalue weighted by molar-refractivity contribution is 0.101. The largest absolute Gasteiger partial charge is 0.493 e. The van der Waals surface area contributed by atoms with Crippen LogP contribution >= 0.6 is 0 Å². The summed E-state index contributed by atoms with van der Waals surface area (Å²) in [5.41, 5.74) is 2.61. The summed E-state index contributed by atoms with van der Waals surface area (Å²) in [6.45, 7) is 10.9. The highest BCUT2D eigenvalue weighted by molar-refractivity contribution is 5.94. The number of carbonyl (C=O) groups excluding carboxylic acids is 1. The van der Waals surface area contributed by atoms with Crippen LogP contribution in [-0.2, 0) is 16.8 Å². The number of ether oxygens (including phenoxy) is 2. The van der Waals surface area contributed by atoms with Crippen LogP contribution in [0.1, 0.15) is 56.1 Å². The Labute approximate surface area is 115 Å². The number of carbonyl (C=O) groups is 1. The summed E-state index contributed by atoms with van der Waals surface area (Å²) in [6, 6.07) is 3.80. The van der Waals surface area contributed by atoms with Crippen LogP contribution < -0.4 is 4.74 Å². The number of rotatable bonds is 5. The molecule has 0 aromatic heterocycles. The lowest BCUT2D eigenvalue weighted by Crippen LogP contribution is -2.16. The van der Waals surface area contributed by atoms with E-state index in [9.17, 15) is 4.79 Å². The summed E-state index contributed by atoms with van der Waals surface area (Å²) in [5, 5.41) is 0. The minimum atomic E-state index is -0.0849. The van der Waals surface area contributed by atoms with Crippen molar-refractivity contribution in [1.29, 1.82) is 0 Å². The molecule has 0 spiro atoms. The Hall–Kier alpha value is -1.35. The highest BCUT2D eigenvalue weighted by atomic mass is 16.5. The molecule has 0 unspecified atom stereocenters. The molecule has 1 rings (SSSR count). The van der Waals surface area contributed by atoms with Gasteiger partial charge in [0.15, 0.2) is 5.78 Å². The van der Waals surface area contributed by atoms with E-state index in [2.05, 4.69) is 20.8 Å². The van der Waals surface area contributed by atoms with Crippen molar-refractivity contribution in [3.05, 3.63) is 28.8 Å². The maximum absolute atomic E-state index is 11.7. The molecule has 0 atom stereocenters. The maximum Gasteiger partial charge on any atom is 0.159 e. The Kier molecular flexibility index (Phi) is 5.12. The number of ketones is 1. The Morgan fingerprint density at radius 3 is 2.32 bits per heavy atom. The Morgan fingerprint density at radius 1 is 1.26 bits per heavy atom. The van der Waals surface area contributed by atoms with E-state index in [1.54, 1.807) is 14.0 Å². The lowest BCUT2D eigenvalue weighted by atomic mass is 9.83. The van der Waals surface area contributed by atoms with Gasteiger partial charge in [0.05, 0.1) is 13.2 Å². The van der Waals surface area contributed by atoms with E-state index in [4.69, 9.17) is 9.47 Å². The van der Waals surface area contributed by atoms with Gasteiger partial charge in [-0.3, -0.25) is 4.79 Å². The quantitative estimate of drug-likeness (QED) is 0.760. The first-order valence-electron chi connectivity index (χ1n) is 6.61. The van der Waals surface area contributed by atoms with Gasteiger partial charge in [0.2, 0.25) is 0 Å². The summed E-state index contributed by atoms with van der Waals surface area (Å²) >= 11 is 0. The molecule has 0 N–H and O–H groups in total. The van der Waals surface area contributed by atoms with Crippen LogP contribution in [0.3, 0.4) is 0 Å². The molecule has 1 aromatic rings. The van der Waals surface area contributed by atoms with Gasteiger partial charge in [0.25, 0.3) is 0 Å². The average Bonchev–Trinajstić information content (AvgIpc) is 2.29. The van der Waals surface area contributed by atoms with Gasteiger partial charge in [-0.25, -0.2) is 0 Å². The molecule has 19 heavy (non-hydrogen) atoms. The third-order valence-corrected chi connectivity index (χ3v) is 2.97. The monoisotopic (exact) mass is 264 g/mol. The fraction of sp³-hybridized carbons (Fsp3) is 0.562. The van der Waals surface area contributed by atoms with Crippen LogP contribution in [0.5, 0.6) is 5.75 Å². The van der Waals surface area contributed by atoms with Gasteiger partial charge in [-0.2, -0.15) is 0 Å². The SMILES string of the molecule is CCOc1c(COC)cc(C(C)=O)cc1C(C)(C)C. The molecule has 0 bridgehead atoms. The zero-order valence-corrected chi connectivity index (χ0v) is 12.8. The summed E-state index contributed by atoms with van der Waals surface area (Å²) in [7, 11) is 1.65. The zero-order chi connectivity index (χ0) is 14.6. The van der Waals surface area contributed by atoms with E-state index in [-0.39, 0.29) is 11.2 Å². The van der Waals surface area contributed by atoms with Gasteiger partial charge in [-0.05, 0) is 31.4 Å². The van der Waals surface area contributed by atoms with Crippen molar-refractivity contribution in [2.24, 2.45) is 0 Å². The molecule has 0 heterocycles. The molecule has 3 heteroatoms. The number of benzene rings is 1. The molecule has 0 aliphatic heterocycles. The van der Waals surface area contributed by atoms with E-state index in [0.717, 1.165) is 16.9 Å². The third-order valence-electron chi connectivity index (χ3n) is 2.97. The van der Waals surface area contributed by atoms with E-state index in [0.29, 0.717) is 18.8 Å². The zero-order valence-electron chi connectivity index (χ0n) is 12.8. The van der Waals surface area contributed by atoms with Gasteiger partial charge in [-0.1, -0.05) is 20.8 Å².